The molecule has 0 aliphatic carbocycles. The number of primary amides is 3. The topological polar surface area (TPSA) is 407 Å². The maximum atomic E-state index is 14.4. The van der Waals surface area contributed by atoms with Crippen molar-refractivity contribution in [3.05, 3.63) is 57.1 Å². The Morgan fingerprint density at radius 1 is 0.873 bits per heavy atom. The van der Waals surface area contributed by atoms with Crippen molar-refractivity contribution >= 4 is 82.2 Å². The molecule has 384 valence electrons. The molecule has 7 atom stereocenters. The molecule has 1 aliphatic heterocycles. The minimum absolute atomic E-state index is 0.0121. The summed E-state index contributed by atoms with van der Waals surface area (Å²) in [7, 11) is 1.14. The van der Waals surface area contributed by atoms with Crippen molar-refractivity contribution in [1.29, 1.82) is 0 Å². The van der Waals surface area contributed by atoms with Gasteiger partial charge in [0.05, 0.1) is 25.4 Å². The Balaban J connectivity index is 2.06. The average molecular weight is 1010 g/mol. The Morgan fingerprint density at radius 2 is 1.54 bits per heavy atom. The molecule has 0 bridgehead atoms. The fourth-order valence-corrected chi connectivity index (χ4v) is 7.73. The van der Waals surface area contributed by atoms with E-state index in [9.17, 15) is 62.6 Å². The van der Waals surface area contributed by atoms with Crippen LogP contribution in [0.5, 0.6) is 5.75 Å². The number of carbonyl (C=O) groups excluding carboxylic acids is 12. The highest BCUT2D eigenvalue weighted by atomic mass is 32.1. The zero-order chi connectivity index (χ0) is 53.0. The molecule has 26 nitrogen and oxygen atoms in total. The van der Waals surface area contributed by atoms with Crippen LogP contribution in [0.4, 0.5) is 0 Å². The lowest BCUT2D eigenvalue weighted by atomic mass is 9.89. The minimum Gasteiger partial charge on any atom is -0.508 e. The third-order valence-corrected chi connectivity index (χ3v) is 12.0. The molecule has 12 amide bonds. The standard InChI is InChI=1S/C44H59N13O13S/c1-5-23(2)44(48-3)43(70)55-27(12-13-32(45)59)39(66)53-30(19-33(46)60)40(67)54-31(20-49-35(62)14-15-36(63)51-28(41(68)56-44)17-24-8-10-25(58)11-9-24)42(69)57(4)22-37(64)52-29(18-26-7-6-16-71-26)38(65)50-21-34(47)61/h3,6-11,16,23,27-31H,5,12-15,17-22H2,1-2,4H3,(H14-,45,46,47,49,50,51,52,53,54,55,56,58,59,60,61,62,63,64,65,66,67,68,70)/p+1/t23-,27-,28-,29-,30-,31-,44-/m0/s1. The second-order valence-electron chi connectivity index (χ2n) is 16.6. The van der Waals surface area contributed by atoms with Crippen molar-refractivity contribution in [1.82, 2.24) is 47.4 Å². The van der Waals surface area contributed by atoms with Crippen LogP contribution in [0.2, 0.25) is 0 Å². The lowest BCUT2D eigenvalue weighted by molar-refractivity contribution is -0.140. The third kappa shape index (κ3) is 18.0. The molecular formula is C44H60N13O13S+. The maximum Gasteiger partial charge on any atom is 0.435 e. The fraction of sp³-hybridized carbons (Fsp3) is 0.477. The lowest BCUT2D eigenvalue weighted by Gasteiger charge is -2.29. The van der Waals surface area contributed by atoms with E-state index < -0.39 is 164 Å². The molecule has 71 heavy (non-hydrogen) atoms. The van der Waals surface area contributed by atoms with Gasteiger partial charge in [0.2, 0.25) is 65.0 Å². The zero-order valence-electron chi connectivity index (χ0n) is 39.2. The van der Waals surface area contributed by atoms with E-state index in [2.05, 4.69) is 47.4 Å². The highest BCUT2D eigenvalue weighted by Gasteiger charge is 2.56. The van der Waals surface area contributed by atoms with Crippen LogP contribution in [0.15, 0.2) is 41.8 Å². The average Bonchev–Trinajstić information content (AvgIpc) is 3.83. The molecule has 0 saturated carbocycles. The van der Waals surface area contributed by atoms with Crippen LogP contribution in [-0.2, 0) is 70.4 Å². The lowest BCUT2D eigenvalue weighted by Crippen LogP contribution is -2.66. The Bertz CT molecular complexity index is 2360. The largest absolute Gasteiger partial charge is 0.508 e. The molecule has 15 N–H and O–H groups in total. The Hall–Kier alpha value is -8.15. The molecular weight excluding hydrogens is 951 g/mol. The van der Waals surface area contributed by atoms with Gasteiger partial charge in [0.15, 0.2) is 0 Å². The molecule has 0 spiro atoms. The zero-order valence-corrected chi connectivity index (χ0v) is 40.1. The number of amides is 12. The summed E-state index contributed by atoms with van der Waals surface area (Å²) in [6.07, 6.45) is -3.19. The number of carbonyl (C=O) groups is 12. The van der Waals surface area contributed by atoms with Crippen molar-refractivity contribution in [2.45, 2.75) is 101 Å². The SMILES string of the molecule is C#[N+][C@@]1([C@@H](C)CC)NC(=O)[C@H](Cc2ccc(O)cc2)NC(=O)CCC(=O)NC[C@@H](C(=O)N(C)CC(=O)N[C@@H](Cc2cccs2)C(=O)NCC(N)=O)NC(=O)[C@H](CC(N)=O)NC(=O)[C@H](CCC(N)=O)NC1=O. The number of hydrogen-bond acceptors (Lipinski definition) is 14. The number of benzene rings is 1. The van der Waals surface area contributed by atoms with Crippen molar-refractivity contribution in [2.75, 3.05) is 26.7 Å². The van der Waals surface area contributed by atoms with E-state index in [0.29, 0.717) is 10.4 Å². The number of rotatable bonds is 18. The minimum atomic E-state index is -2.38. The van der Waals surface area contributed by atoms with E-state index in [1.165, 1.54) is 42.5 Å². The number of aromatic hydroxyl groups is 1. The van der Waals surface area contributed by atoms with Crippen molar-refractivity contribution in [3.8, 4) is 12.3 Å². The number of nitrogens with one attached hydrogen (secondary N) is 8. The molecule has 27 heteroatoms. The molecule has 1 aliphatic rings. The molecule has 2 heterocycles. The van der Waals surface area contributed by atoms with Gasteiger partial charge < -0.3 is 64.4 Å². The molecule has 3 rings (SSSR count). The van der Waals surface area contributed by atoms with Crippen LogP contribution in [0, 0.1) is 12.5 Å². The van der Waals surface area contributed by atoms with E-state index in [1.54, 1.807) is 24.4 Å². The quantitative estimate of drug-likeness (QED) is 0.0672. The summed E-state index contributed by atoms with van der Waals surface area (Å²) in [5.74, 6) is -13.0. The van der Waals surface area contributed by atoms with Gasteiger partial charge >= 0.3 is 11.6 Å². The van der Waals surface area contributed by atoms with Crippen LogP contribution in [0.25, 0.3) is 4.85 Å². The molecule has 1 aromatic carbocycles. The summed E-state index contributed by atoms with van der Waals surface area (Å²) in [5.41, 5.74) is 14.0. The van der Waals surface area contributed by atoms with Crippen molar-refractivity contribution < 1.29 is 62.6 Å². The van der Waals surface area contributed by atoms with E-state index in [-0.39, 0.29) is 25.0 Å². The van der Waals surface area contributed by atoms with Crippen LogP contribution < -0.4 is 59.7 Å². The smallest absolute Gasteiger partial charge is 0.435 e. The van der Waals surface area contributed by atoms with E-state index in [1.807, 2.05) is 0 Å². The van der Waals surface area contributed by atoms with Gasteiger partial charge in [-0.25, -0.2) is 0 Å². The molecule has 1 saturated heterocycles. The van der Waals surface area contributed by atoms with Crippen LogP contribution in [-0.4, -0.2) is 143 Å². The summed E-state index contributed by atoms with van der Waals surface area (Å²) < 4.78 is 0. The Labute approximate surface area is 411 Å². The van der Waals surface area contributed by atoms with Gasteiger partial charge in [-0.1, -0.05) is 32.0 Å². The summed E-state index contributed by atoms with van der Waals surface area (Å²) in [6, 6.07) is 0.823. The van der Waals surface area contributed by atoms with Gasteiger partial charge in [-0.3, -0.25) is 62.9 Å². The number of likely N-dealkylation sites (N-methyl/N-ethyl adjacent to an activating group) is 1. The predicted octanol–water partition coefficient (Wildman–Crippen LogP) is -4.41. The third-order valence-electron chi connectivity index (χ3n) is 11.1. The first kappa shape index (κ1) is 57.2. The van der Waals surface area contributed by atoms with Crippen LogP contribution in [0.1, 0.15) is 62.8 Å². The van der Waals surface area contributed by atoms with Gasteiger partial charge in [-0.05, 0) is 46.8 Å². The highest BCUT2D eigenvalue weighted by molar-refractivity contribution is 7.09. The van der Waals surface area contributed by atoms with Crippen molar-refractivity contribution in [3.63, 3.8) is 0 Å². The summed E-state index contributed by atoms with van der Waals surface area (Å²) in [5, 5.41) is 30.8. The van der Waals surface area contributed by atoms with Gasteiger partial charge in [-0.2, -0.15) is 0 Å². The monoisotopic (exact) mass is 1010 g/mol. The first-order chi connectivity index (χ1) is 33.5. The van der Waals surface area contributed by atoms with Gasteiger partial charge in [0.1, 0.15) is 36.0 Å². The summed E-state index contributed by atoms with van der Waals surface area (Å²) >= 11 is 1.28. The first-order valence-corrected chi connectivity index (χ1v) is 23.0. The van der Waals surface area contributed by atoms with Crippen molar-refractivity contribution in [2.24, 2.45) is 23.1 Å². The van der Waals surface area contributed by atoms with Gasteiger partial charge in [0, 0.05) is 50.6 Å². The number of nitrogens with zero attached hydrogens (tertiary/aromatic N) is 2. The number of thiophene rings is 1. The highest BCUT2D eigenvalue weighted by Crippen LogP contribution is 2.25. The Morgan fingerprint density at radius 3 is 2.13 bits per heavy atom. The number of phenols is 1. The Kier molecular flexibility index (Phi) is 21.9. The second-order valence-corrected chi connectivity index (χ2v) is 17.6. The number of phenolic OH excluding ortho intramolecular Hbond substituents is 1. The molecule has 1 aromatic heterocycles. The van der Waals surface area contributed by atoms with Crippen LogP contribution >= 0.6 is 11.3 Å². The number of hydrogen-bond donors (Lipinski definition) is 12. The normalized spacial score (nSPS) is 21.4. The second kappa shape index (κ2) is 27.1. The first-order valence-electron chi connectivity index (χ1n) is 22.2. The molecule has 2 aromatic rings. The van der Waals surface area contributed by atoms with E-state index in [4.69, 9.17) is 23.8 Å². The molecule has 1 fully saturated rings. The molecule has 0 unspecified atom stereocenters. The van der Waals surface area contributed by atoms with Crippen LogP contribution in [0.3, 0.4) is 0 Å². The summed E-state index contributed by atoms with van der Waals surface area (Å²) in [6.45, 7) is 6.98. The predicted molar refractivity (Wildman–Crippen MR) is 252 cm³/mol. The maximum absolute atomic E-state index is 14.4. The van der Waals surface area contributed by atoms with Gasteiger partial charge in [-0.15, -0.1) is 11.3 Å². The van der Waals surface area contributed by atoms with E-state index in [0.717, 1.165) is 11.9 Å². The fourth-order valence-electron chi connectivity index (χ4n) is 6.98. The summed E-state index contributed by atoms with van der Waals surface area (Å²) in [4.78, 5) is 165. The number of nitrogens with two attached hydrogens (primary N) is 3. The molecule has 0 radical (unpaired) electrons. The van der Waals surface area contributed by atoms with Gasteiger partial charge in [0.25, 0.3) is 6.57 Å². The van der Waals surface area contributed by atoms with E-state index >= 15 is 0 Å².